The Morgan fingerprint density at radius 2 is 1.73 bits per heavy atom. The van der Waals surface area contributed by atoms with Crippen molar-refractivity contribution in [2.75, 3.05) is 0 Å². The molecule has 0 aromatic rings. The van der Waals surface area contributed by atoms with E-state index in [4.69, 9.17) is 0 Å². The second-order valence-corrected chi connectivity index (χ2v) is 2.95. The monoisotopic (exact) mass is 213 g/mol. The fraction of sp³-hybridized carbons (Fsp3) is 0.615. The first kappa shape index (κ1) is 16.4. The quantitative estimate of drug-likeness (QED) is 0.646. The summed E-state index contributed by atoms with van der Waals surface area (Å²) in [6.45, 7) is 12.1. The molecular weight excluding hydrogens is 186 g/mol. The van der Waals surface area contributed by atoms with Crippen LogP contribution in [-0.2, 0) is 4.79 Å². The summed E-state index contributed by atoms with van der Waals surface area (Å²) < 4.78 is 0. The van der Waals surface area contributed by atoms with Gasteiger partial charge in [0.15, 0.2) is 0 Å². The molecule has 0 spiro atoms. The summed E-state index contributed by atoms with van der Waals surface area (Å²) in [5.74, 6) is 0.0983. The molecule has 1 rings (SSSR count). The van der Waals surface area contributed by atoms with Gasteiger partial charge in [0.1, 0.15) is 0 Å². The highest BCUT2D eigenvalue weighted by atomic mass is 16.1. The van der Waals surface area contributed by atoms with Crippen LogP contribution in [0.5, 0.6) is 0 Å². The number of amides is 1. The van der Waals surface area contributed by atoms with E-state index in [1.165, 1.54) is 6.42 Å². The lowest BCUT2D eigenvalue weighted by Gasteiger charge is -1.94. The van der Waals surface area contributed by atoms with E-state index in [0.29, 0.717) is 6.42 Å². The third kappa shape index (κ3) is 6.95. The molecule has 1 fully saturated rings. The van der Waals surface area contributed by atoms with Crippen molar-refractivity contribution in [1.82, 2.24) is 5.32 Å². The lowest BCUT2D eigenvalue weighted by atomic mass is 10.2. The van der Waals surface area contributed by atoms with Crippen molar-refractivity contribution in [1.29, 1.82) is 0 Å². The molecule has 0 bridgehead atoms. The molecule has 1 heterocycles. The number of hydrogen-bond acceptors (Lipinski definition) is 1. The minimum absolute atomic E-state index is 0. The predicted octanol–water partition coefficient (Wildman–Crippen LogP) is 4.04. The largest absolute Gasteiger partial charge is 0.326 e. The Morgan fingerprint density at radius 3 is 2.00 bits per heavy atom. The van der Waals surface area contributed by atoms with Crippen molar-refractivity contribution >= 4 is 5.91 Å². The number of carbonyl (C=O) groups excluding carboxylic acids is 1. The smallest absolute Gasteiger partial charge is 0.228 e. The topological polar surface area (TPSA) is 29.1 Å². The van der Waals surface area contributed by atoms with Crippen LogP contribution in [0.1, 0.15) is 55.8 Å². The standard InChI is InChI=1S/C8H11NO.C3H8.C2H6.H2/c1-3-6-5-8(10)9-7(6)4-2;1-3-2;1-2;/h3-4H,5H2,1-2H3,(H,9,10);3H2,1-2H3;1-2H3;1H/b6-3-,7-4+;;;. The van der Waals surface area contributed by atoms with Crippen LogP contribution in [-0.4, -0.2) is 5.91 Å². The predicted molar refractivity (Wildman–Crippen MR) is 69.7 cm³/mol. The van der Waals surface area contributed by atoms with Gasteiger partial charge in [0, 0.05) is 7.12 Å². The van der Waals surface area contributed by atoms with E-state index in [0.717, 1.165) is 11.3 Å². The molecule has 0 unspecified atom stereocenters. The number of carbonyl (C=O) groups is 1. The van der Waals surface area contributed by atoms with Crippen molar-refractivity contribution < 1.29 is 6.22 Å². The Kier molecular flexibility index (Phi) is 12.0. The van der Waals surface area contributed by atoms with Crippen molar-refractivity contribution in [3.8, 4) is 0 Å². The molecule has 0 aromatic heterocycles. The minimum Gasteiger partial charge on any atom is -0.326 e. The van der Waals surface area contributed by atoms with Crippen LogP contribution < -0.4 is 5.32 Å². The van der Waals surface area contributed by atoms with Gasteiger partial charge in [-0.25, -0.2) is 0 Å². The van der Waals surface area contributed by atoms with Gasteiger partial charge in [0.05, 0.1) is 6.42 Å². The van der Waals surface area contributed by atoms with Gasteiger partial charge in [-0.1, -0.05) is 46.3 Å². The highest BCUT2D eigenvalue weighted by Crippen LogP contribution is 2.17. The molecule has 2 nitrogen and oxygen atoms in total. The molecule has 1 aliphatic rings. The van der Waals surface area contributed by atoms with Crippen molar-refractivity contribution in [3.05, 3.63) is 23.4 Å². The van der Waals surface area contributed by atoms with E-state index in [1.54, 1.807) is 0 Å². The molecule has 0 radical (unpaired) electrons. The first-order valence-electron chi connectivity index (χ1n) is 5.81. The van der Waals surface area contributed by atoms with Gasteiger partial charge >= 0.3 is 0 Å². The Labute approximate surface area is 95.9 Å². The van der Waals surface area contributed by atoms with Crippen LogP contribution >= 0.6 is 0 Å². The molecule has 1 amide bonds. The Morgan fingerprint density at radius 1 is 1.27 bits per heavy atom. The zero-order valence-electron chi connectivity index (χ0n) is 11.0. The third-order valence-electron chi connectivity index (χ3n) is 1.61. The van der Waals surface area contributed by atoms with Gasteiger partial charge in [0.25, 0.3) is 0 Å². The summed E-state index contributed by atoms with van der Waals surface area (Å²) in [6.07, 6.45) is 5.67. The highest BCUT2D eigenvalue weighted by Gasteiger charge is 2.17. The second-order valence-electron chi connectivity index (χ2n) is 2.95. The average molecular weight is 213 g/mol. The maximum absolute atomic E-state index is 10.8. The molecule has 1 N–H and O–H groups in total. The number of allylic oxidation sites excluding steroid dienone is 3. The zero-order valence-corrected chi connectivity index (χ0v) is 11.0. The van der Waals surface area contributed by atoms with E-state index in [9.17, 15) is 4.79 Å². The van der Waals surface area contributed by atoms with Crippen molar-refractivity contribution in [2.24, 2.45) is 0 Å². The summed E-state index contributed by atoms with van der Waals surface area (Å²) in [5.41, 5.74) is 2.07. The summed E-state index contributed by atoms with van der Waals surface area (Å²) in [7, 11) is 0. The molecule has 0 atom stereocenters. The number of hydrogen-bond donors (Lipinski definition) is 1. The Balaban J connectivity index is -0.000000246. The fourth-order valence-electron chi connectivity index (χ4n) is 1.06. The summed E-state index contributed by atoms with van der Waals surface area (Å²) in [5, 5.41) is 2.76. The van der Waals surface area contributed by atoms with Gasteiger partial charge in [-0.2, -0.15) is 0 Å². The summed E-state index contributed by atoms with van der Waals surface area (Å²) >= 11 is 0. The van der Waals surface area contributed by atoms with Gasteiger partial charge in [-0.15, -0.1) is 0 Å². The lowest BCUT2D eigenvalue weighted by Crippen LogP contribution is -2.11. The summed E-state index contributed by atoms with van der Waals surface area (Å²) in [4.78, 5) is 10.8. The molecular formula is C13H27NO. The Bertz CT molecular complexity index is 210. The molecule has 0 aromatic carbocycles. The molecule has 0 aliphatic carbocycles. The van der Waals surface area contributed by atoms with E-state index >= 15 is 0 Å². The number of nitrogens with one attached hydrogen (secondary N) is 1. The SMILES string of the molecule is C/C=C1/CC(=O)N/C1=C/C.CC.CCC.[HH]. The highest BCUT2D eigenvalue weighted by molar-refractivity contribution is 5.86. The molecule has 1 saturated heterocycles. The van der Waals surface area contributed by atoms with Gasteiger partial charge < -0.3 is 5.32 Å². The average Bonchev–Trinajstić information content (AvgIpc) is 2.63. The van der Waals surface area contributed by atoms with E-state index < -0.39 is 0 Å². The van der Waals surface area contributed by atoms with Crippen LogP contribution in [0.2, 0.25) is 0 Å². The molecule has 0 saturated carbocycles. The van der Waals surface area contributed by atoms with Gasteiger partial charge in [-0.05, 0) is 19.4 Å². The van der Waals surface area contributed by atoms with Crippen molar-refractivity contribution in [2.45, 2.75) is 54.4 Å². The normalized spacial score (nSPS) is 18.9. The van der Waals surface area contributed by atoms with Crippen LogP contribution in [0.4, 0.5) is 0 Å². The second kappa shape index (κ2) is 11.0. The first-order chi connectivity index (χ1) is 7.19. The Hall–Kier alpha value is -1.05. The van der Waals surface area contributed by atoms with Crippen molar-refractivity contribution in [3.63, 3.8) is 0 Å². The minimum atomic E-state index is 0. The van der Waals surface area contributed by atoms with Crippen LogP contribution in [0, 0.1) is 0 Å². The molecule has 1 aliphatic heterocycles. The van der Waals surface area contributed by atoms with Crippen LogP contribution in [0.15, 0.2) is 23.4 Å². The maximum atomic E-state index is 10.8. The summed E-state index contributed by atoms with van der Waals surface area (Å²) in [6, 6.07) is 0. The molecule has 15 heavy (non-hydrogen) atoms. The maximum Gasteiger partial charge on any atom is 0.228 e. The third-order valence-corrected chi connectivity index (χ3v) is 1.61. The van der Waals surface area contributed by atoms with Crippen LogP contribution in [0.3, 0.4) is 0 Å². The zero-order chi connectivity index (χ0) is 12.3. The van der Waals surface area contributed by atoms with E-state index in [1.807, 2.05) is 39.8 Å². The van der Waals surface area contributed by atoms with Gasteiger partial charge in [0.2, 0.25) is 5.91 Å². The molecule has 90 valence electrons. The number of rotatable bonds is 0. The fourth-order valence-corrected chi connectivity index (χ4v) is 1.06. The van der Waals surface area contributed by atoms with E-state index in [-0.39, 0.29) is 7.33 Å². The lowest BCUT2D eigenvalue weighted by molar-refractivity contribution is -0.118. The van der Waals surface area contributed by atoms with Crippen LogP contribution in [0.25, 0.3) is 0 Å². The van der Waals surface area contributed by atoms with E-state index in [2.05, 4.69) is 19.2 Å². The van der Waals surface area contributed by atoms with Gasteiger partial charge in [-0.3, -0.25) is 4.79 Å². The molecule has 2 heteroatoms. The first-order valence-corrected chi connectivity index (χ1v) is 5.81.